The summed E-state index contributed by atoms with van der Waals surface area (Å²) in [6.07, 6.45) is 8.02. The second kappa shape index (κ2) is 7.46. The van der Waals surface area contributed by atoms with Gasteiger partial charge in [-0.2, -0.15) is 5.10 Å². The van der Waals surface area contributed by atoms with Gasteiger partial charge < -0.3 is 5.32 Å². The minimum absolute atomic E-state index is 0.172. The Labute approximate surface area is 137 Å². The summed E-state index contributed by atoms with van der Waals surface area (Å²) in [5, 5.41) is 9.77. The van der Waals surface area contributed by atoms with Crippen molar-refractivity contribution in [2.45, 2.75) is 12.6 Å². The molecule has 0 aliphatic rings. The van der Waals surface area contributed by atoms with Crippen LogP contribution in [-0.2, 0) is 11.3 Å². The average Bonchev–Trinajstić information content (AvgIpc) is 3.27. The number of nitrogens with one attached hydrogen (secondary N) is 1. The number of hydrogen-bond donors (Lipinski definition) is 1. The summed E-state index contributed by atoms with van der Waals surface area (Å²) in [4.78, 5) is 20.2. The Bertz CT molecular complexity index is 753. The van der Waals surface area contributed by atoms with E-state index in [0.717, 1.165) is 10.6 Å². The van der Waals surface area contributed by atoms with E-state index in [1.165, 1.54) is 23.7 Å². The molecule has 2 heterocycles. The number of nitrogens with zero attached hydrogens (tertiary/aromatic N) is 4. The van der Waals surface area contributed by atoms with E-state index in [-0.39, 0.29) is 11.9 Å². The van der Waals surface area contributed by atoms with E-state index in [0.29, 0.717) is 6.54 Å². The molecule has 7 heteroatoms. The predicted octanol–water partition coefficient (Wildman–Crippen LogP) is 2.31. The third-order valence-corrected chi connectivity index (χ3v) is 3.92. The first-order valence-electron chi connectivity index (χ1n) is 7.07. The number of carbonyl (C=O) groups excluding carboxylic acids is 1. The zero-order valence-corrected chi connectivity index (χ0v) is 13.1. The largest absolute Gasteiger partial charge is 0.344 e. The molecule has 23 heavy (non-hydrogen) atoms. The average molecular weight is 325 g/mol. The van der Waals surface area contributed by atoms with E-state index >= 15 is 0 Å². The first kappa shape index (κ1) is 15.1. The van der Waals surface area contributed by atoms with E-state index in [1.807, 2.05) is 35.7 Å². The van der Waals surface area contributed by atoms with Gasteiger partial charge in [0.25, 0.3) is 0 Å². The van der Waals surface area contributed by atoms with Crippen molar-refractivity contribution in [2.24, 2.45) is 0 Å². The summed E-state index contributed by atoms with van der Waals surface area (Å²) in [7, 11) is 0. The van der Waals surface area contributed by atoms with Gasteiger partial charge in [0, 0.05) is 17.7 Å². The van der Waals surface area contributed by atoms with Crippen molar-refractivity contribution >= 4 is 23.3 Å². The molecule has 1 atom stereocenters. The highest BCUT2D eigenvalue weighted by Gasteiger charge is 2.14. The fourth-order valence-electron chi connectivity index (χ4n) is 2.12. The Balaban J connectivity index is 1.71. The van der Waals surface area contributed by atoms with Crippen LogP contribution in [0.15, 0.2) is 60.6 Å². The lowest BCUT2D eigenvalue weighted by Gasteiger charge is -2.18. The molecule has 0 saturated heterocycles. The highest BCUT2D eigenvalue weighted by molar-refractivity contribution is 7.10. The van der Waals surface area contributed by atoms with Crippen LogP contribution in [0.5, 0.6) is 0 Å². The highest BCUT2D eigenvalue weighted by atomic mass is 32.1. The molecule has 0 aliphatic heterocycles. The minimum atomic E-state index is -0.189. The highest BCUT2D eigenvalue weighted by Crippen LogP contribution is 2.14. The number of amides is 1. The van der Waals surface area contributed by atoms with Gasteiger partial charge in [0.05, 0.1) is 12.6 Å². The van der Waals surface area contributed by atoms with E-state index in [4.69, 9.17) is 0 Å². The molecule has 3 rings (SSSR count). The standard InChI is InChI=1S/C16H15N5OS/c22-15(6-7-16-18-8-9-23-16)20-14(10-21-12-17-11-19-21)13-4-2-1-3-5-13/h1-9,11-12,14H,10H2,(H,20,22)/b7-6+/t14-/m0/s1. The molecule has 3 aromatic rings. The molecule has 6 nitrogen and oxygen atoms in total. The fourth-order valence-corrected chi connectivity index (χ4v) is 2.65. The summed E-state index contributed by atoms with van der Waals surface area (Å²) >= 11 is 1.48. The van der Waals surface area contributed by atoms with Crippen LogP contribution < -0.4 is 5.32 Å². The van der Waals surface area contributed by atoms with Crippen molar-refractivity contribution in [3.63, 3.8) is 0 Å². The van der Waals surface area contributed by atoms with Crippen molar-refractivity contribution in [2.75, 3.05) is 0 Å². The zero-order chi connectivity index (χ0) is 15.9. The molecule has 1 aromatic carbocycles. The number of carbonyl (C=O) groups is 1. The van der Waals surface area contributed by atoms with Crippen LogP contribution in [0.2, 0.25) is 0 Å². The smallest absolute Gasteiger partial charge is 0.244 e. The number of thiazole rings is 1. The van der Waals surface area contributed by atoms with E-state index in [2.05, 4.69) is 20.4 Å². The van der Waals surface area contributed by atoms with E-state index in [9.17, 15) is 4.79 Å². The summed E-state index contributed by atoms with van der Waals surface area (Å²) < 4.78 is 1.70. The number of aromatic nitrogens is 4. The van der Waals surface area contributed by atoms with Gasteiger partial charge in [-0.15, -0.1) is 11.3 Å². The zero-order valence-electron chi connectivity index (χ0n) is 12.2. The van der Waals surface area contributed by atoms with Crippen LogP contribution in [0, 0.1) is 0 Å². The molecule has 0 bridgehead atoms. The molecule has 0 fully saturated rings. The maximum atomic E-state index is 12.2. The Morgan fingerprint density at radius 2 is 2.22 bits per heavy atom. The molecule has 116 valence electrons. The summed E-state index contributed by atoms with van der Waals surface area (Å²) in [6, 6.07) is 9.60. The van der Waals surface area contributed by atoms with Crippen molar-refractivity contribution < 1.29 is 4.79 Å². The topological polar surface area (TPSA) is 72.7 Å². The van der Waals surface area contributed by atoms with Crippen LogP contribution in [0.25, 0.3) is 6.08 Å². The van der Waals surface area contributed by atoms with Crippen LogP contribution >= 0.6 is 11.3 Å². The molecule has 0 radical (unpaired) electrons. The van der Waals surface area contributed by atoms with E-state index in [1.54, 1.807) is 23.3 Å². The van der Waals surface area contributed by atoms with Crippen molar-refractivity contribution in [1.29, 1.82) is 0 Å². The Morgan fingerprint density at radius 1 is 1.35 bits per heavy atom. The van der Waals surface area contributed by atoms with Gasteiger partial charge in [0.2, 0.25) is 5.91 Å². The fraction of sp³-hybridized carbons (Fsp3) is 0.125. The van der Waals surface area contributed by atoms with E-state index < -0.39 is 0 Å². The number of hydrogen-bond acceptors (Lipinski definition) is 5. The van der Waals surface area contributed by atoms with Crippen molar-refractivity contribution in [3.8, 4) is 0 Å². The third-order valence-electron chi connectivity index (χ3n) is 3.18. The lowest BCUT2D eigenvalue weighted by atomic mass is 10.1. The molecular formula is C16H15N5OS. The third kappa shape index (κ3) is 4.33. The molecule has 0 spiro atoms. The van der Waals surface area contributed by atoms with Crippen LogP contribution in [0.4, 0.5) is 0 Å². The molecule has 0 unspecified atom stereocenters. The summed E-state index contributed by atoms with van der Waals surface area (Å²) in [6.45, 7) is 0.515. The maximum Gasteiger partial charge on any atom is 0.244 e. The predicted molar refractivity (Wildman–Crippen MR) is 88.5 cm³/mol. The van der Waals surface area contributed by atoms with Crippen molar-refractivity contribution in [3.05, 3.63) is 71.2 Å². The van der Waals surface area contributed by atoms with Gasteiger partial charge in [-0.3, -0.25) is 9.48 Å². The molecule has 1 amide bonds. The van der Waals surface area contributed by atoms with Crippen LogP contribution in [-0.4, -0.2) is 25.7 Å². The molecule has 0 saturated carbocycles. The second-order valence-corrected chi connectivity index (χ2v) is 5.72. The molecule has 0 aliphatic carbocycles. The minimum Gasteiger partial charge on any atom is -0.344 e. The number of benzene rings is 1. The molecule has 1 N–H and O–H groups in total. The monoisotopic (exact) mass is 325 g/mol. The Hall–Kier alpha value is -2.80. The Kier molecular flexibility index (Phi) is 4.90. The van der Waals surface area contributed by atoms with Gasteiger partial charge in [0.15, 0.2) is 0 Å². The lowest BCUT2D eigenvalue weighted by molar-refractivity contribution is -0.117. The normalized spacial score (nSPS) is 12.3. The Morgan fingerprint density at radius 3 is 2.91 bits per heavy atom. The van der Waals surface area contributed by atoms with Gasteiger partial charge >= 0.3 is 0 Å². The van der Waals surface area contributed by atoms with Gasteiger partial charge in [-0.05, 0) is 11.6 Å². The van der Waals surface area contributed by atoms with Crippen LogP contribution in [0.3, 0.4) is 0 Å². The summed E-state index contributed by atoms with van der Waals surface area (Å²) in [5.41, 5.74) is 1.01. The quantitative estimate of drug-likeness (QED) is 0.706. The second-order valence-electron chi connectivity index (χ2n) is 4.79. The first-order valence-corrected chi connectivity index (χ1v) is 7.94. The van der Waals surface area contributed by atoms with Crippen LogP contribution in [0.1, 0.15) is 16.6 Å². The SMILES string of the molecule is O=C(/C=C/c1nccs1)N[C@@H](Cn1cncn1)c1ccccc1. The number of rotatable bonds is 6. The van der Waals surface area contributed by atoms with Gasteiger partial charge in [-0.1, -0.05) is 30.3 Å². The lowest BCUT2D eigenvalue weighted by Crippen LogP contribution is -2.30. The first-order chi connectivity index (χ1) is 11.3. The molecule has 2 aromatic heterocycles. The van der Waals surface area contributed by atoms with Gasteiger partial charge in [0.1, 0.15) is 17.7 Å². The molecular weight excluding hydrogens is 310 g/mol. The summed E-state index contributed by atoms with van der Waals surface area (Å²) in [5.74, 6) is -0.172. The van der Waals surface area contributed by atoms with Crippen molar-refractivity contribution in [1.82, 2.24) is 25.1 Å². The van der Waals surface area contributed by atoms with Gasteiger partial charge in [-0.25, -0.2) is 9.97 Å². The maximum absolute atomic E-state index is 12.2.